The minimum atomic E-state index is -1.14. The molecule has 0 aliphatic heterocycles. The van der Waals surface area contributed by atoms with Gasteiger partial charge in [0.15, 0.2) is 0 Å². The topological polar surface area (TPSA) is 192 Å². The molecule has 0 aliphatic rings. The van der Waals surface area contributed by atoms with Crippen molar-refractivity contribution in [3.63, 3.8) is 0 Å². The number of nitrogens with one attached hydrogen (secondary N) is 4. The highest BCUT2D eigenvalue weighted by Crippen LogP contribution is 2.19. The van der Waals surface area contributed by atoms with Crippen molar-refractivity contribution in [2.75, 3.05) is 18.6 Å². The van der Waals surface area contributed by atoms with Gasteiger partial charge in [0.05, 0.1) is 6.04 Å². The van der Waals surface area contributed by atoms with Gasteiger partial charge in [0, 0.05) is 17.1 Å². The van der Waals surface area contributed by atoms with Gasteiger partial charge in [0.25, 0.3) is 0 Å². The van der Waals surface area contributed by atoms with Crippen molar-refractivity contribution < 1.29 is 24.3 Å². The van der Waals surface area contributed by atoms with Crippen molar-refractivity contribution in [1.82, 2.24) is 20.9 Å². The van der Waals surface area contributed by atoms with Crippen molar-refractivity contribution >= 4 is 46.4 Å². The summed E-state index contributed by atoms with van der Waals surface area (Å²) in [6.45, 7) is 3.98. The number of aromatic amines is 1. The zero-order chi connectivity index (χ0) is 28.9. The molecule has 216 valence electrons. The number of para-hydroxylation sites is 1. The lowest BCUT2D eigenvalue weighted by Gasteiger charge is -2.27. The van der Waals surface area contributed by atoms with E-state index in [1.165, 1.54) is 11.8 Å². The normalized spacial score (nSPS) is 14.4. The van der Waals surface area contributed by atoms with Crippen LogP contribution in [-0.4, -0.2) is 76.5 Å². The molecule has 2 rings (SSSR count). The molecule has 1 heterocycles. The highest BCUT2D eigenvalue weighted by atomic mass is 32.2. The highest BCUT2D eigenvalue weighted by molar-refractivity contribution is 7.98. The predicted molar refractivity (Wildman–Crippen MR) is 154 cm³/mol. The summed E-state index contributed by atoms with van der Waals surface area (Å²) in [6.07, 6.45) is 5.68. The maximum Gasteiger partial charge on any atom is 0.326 e. The predicted octanol–water partition coefficient (Wildman–Crippen LogP) is 1.11. The van der Waals surface area contributed by atoms with Crippen LogP contribution >= 0.6 is 11.8 Å². The summed E-state index contributed by atoms with van der Waals surface area (Å²) >= 11 is 1.48. The number of amides is 3. The third-order valence-electron chi connectivity index (χ3n) is 6.50. The van der Waals surface area contributed by atoms with Gasteiger partial charge in [-0.2, -0.15) is 11.8 Å². The quantitative estimate of drug-likeness (QED) is 0.139. The standard InChI is InChI=1S/C27H42N6O5S/c1-16(2)23(33-24(34)19(29)14-17-15-30-20-9-5-4-8-18(17)20)26(36)31-21(10-6-7-12-28)25(35)32-22(27(37)38)11-13-39-3/h4-5,8-9,15-16,19,21-23,30H,6-7,10-14,28-29H2,1-3H3,(H,31,36)(H,32,35)(H,33,34)(H,37,38). The number of carbonyl (C=O) groups is 4. The van der Waals surface area contributed by atoms with E-state index in [-0.39, 0.29) is 25.2 Å². The van der Waals surface area contributed by atoms with E-state index in [0.717, 1.165) is 16.5 Å². The minimum Gasteiger partial charge on any atom is -0.480 e. The number of hydrogen-bond donors (Lipinski definition) is 7. The number of carboxylic acid groups (broad SMARTS) is 1. The number of fused-ring (bicyclic) bond motifs is 1. The SMILES string of the molecule is CSCCC(NC(=O)C(CCCCN)NC(=O)C(NC(=O)C(N)Cc1c[nH]c2ccccc12)C(C)C)C(=O)O. The Bertz CT molecular complexity index is 1110. The van der Waals surface area contributed by atoms with Crippen molar-refractivity contribution in [3.8, 4) is 0 Å². The van der Waals surface area contributed by atoms with E-state index in [4.69, 9.17) is 11.5 Å². The zero-order valence-electron chi connectivity index (χ0n) is 22.9. The molecular formula is C27H42N6O5S. The maximum absolute atomic E-state index is 13.3. The summed E-state index contributed by atoms with van der Waals surface area (Å²) < 4.78 is 0. The first kappa shape index (κ1) is 32.1. The number of hydrogen-bond acceptors (Lipinski definition) is 7. The molecule has 0 fully saturated rings. The first-order chi connectivity index (χ1) is 18.6. The zero-order valence-corrected chi connectivity index (χ0v) is 23.7. The van der Waals surface area contributed by atoms with Crippen molar-refractivity contribution in [3.05, 3.63) is 36.0 Å². The average molecular weight is 563 g/mol. The van der Waals surface area contributed by atoms with Crippen LogP contribution in [0.5, 0.6) is 0 Å². The number of benzene rings is 1. The molecular weight excluding hydrogens is 520 g/mol. The van der Waals surface area contributed by atoms with E-state index in [1.807, 2.05) is 36.7 Å². The Labute approximate surface area is 233 Å². The number of carbonyl (C=O) groups excluding carboxylic acids is 3. The summed E-state index contributed by atoms with van der Waals surface area (Å²) in [7, 11) is 0. The Kier molecular flexibility index (Phi) is 13.3. The molecule has 4 atom stereocenters. The van der Waals surface area contributed by atoms with Gasteiger partial charge in [0.2, 0.25) is 17.7 Å². The van der Waals surface area contributed by atoms with E-state index in [1.54, 1.807) is 13.8 Å². The third kappa shape index (κ3) is 9.86. The maximum atomic E-state index is 13.3. The van der Waals surface area contributed by atoms with Crippen LogP contribution in [0, 0.1) is 5.92 Å². The monoisotopic (exact) mass is 562 g/mol. The van der Waals surface area contributed by atoms with Gasteiger partial charge in [0.1, 0.15) is 18.1 Å². The Hall–Kier alpha value is -3.09. The van der Waals surface area contributed by atoms with Crippen LogP contribution < -0.4 is 27.4 Å². The van der Waals surface area contributed by atoms with E-state index < -0.39 is 47.9 Å². The van der Waals surface area contributed by atoms with Crippen LogP contribution in [0.3, 0.4) is 0 Å². The summed E-state index contributed by atoms with van der Waals surface area (Å²) in [5, 5.41) is 18.5. The molecule has 12 heteroatoms. The van der Waals surface area contributed by atoms with Gasteiger partial charge in [-0.25, -0.2) is 4.79 Å². The first-order valence-corrected chi connectivity index (χ1v) is 14.6. The largest absolute Gasteiger partial charge is 0.480 e. The molecule has 4 unspecified atom stereocenters. The Morgan fingerprint density at radius 3 is 2.31 bits per heavy atom. The van der Waals surface area contributed by atoms with Gasteiger partial charge in [-0.1, -0.05) is 32.0 Å². The highest BCUT2D eigenvalue weighted by Gasteiger charge is 2.31. The smallest absolute Gasteiger partial charge is 0.326 e. The van der Waals surface area contributed by atoms with E-state index in [2.05, 4.69) is 20.9 Å². The number of H-pyrrole nitrogens is 1. The number of carboxylic acids is 1. The molecule has 0 bridgehead atoms. The Morgan fingerprint density at radius 1 is 0.974 bits per heavy atom. The van der Waals surface area contributed by atoms with Crippen LogP contribution in [0.1, 0.15) is 45.1 Å². The number of aliphatic carboxylic acids is 1. The van der Waals surface area contributed by atoms with Gasteiger partial charge in [-0.3, -0.25) is 14.4 Å². The molecule has 0 aliphatic carbocycles. The average Bonchev–Trinajstić information content (AvgIpc) is 3.30. The van der Waals surface area contributed by atoms with Crippen molar-refractivity contribution in [2.24, 2.45) is 17.4 Å². The summed E-state index contributed by atoms with van der Waals surface area (Å²) in [6, 6.07) is 3.83. The number of nitrogens with two attached hydrogens (primary N) is 2. The molecule has 0 saturated carbocycles. The van der Waals surface area contributed by atoms with Crippen LogP contribution in [0.2, 0.25) is 0 Å². The van der Waals surface area contributed by atoms with Crippen LogP contribution in [0.25, 0.3) is 10.9 Å². The minimum absolute atomic E-state index is 0.255. The van der Waals surface area contributed by atoms with E-state index in [0.29, 0.717) is 25.1 Å². The lowest BCUT2D eigenvalue weighted by atomic mass is 10.00. The fraction of sp³-hybridized carbons (Fsp3) is 0.556. The lowest BCUT2D eigenvalue weighted by molar-refractivity contribution is -0.142. The van der Waals surface area contributed by atoms with Gasteiger partial charge >= 0.3 is 5.97 Å². The second kappa shape index (κ2) is 16.1. The first-order valence-electron chi connectivity index (χ1n) is 13.2. The van der Waals surface area contributed by atoms with Crippen molar-refractivity contribution in [2.45, 2.75) is 70.1 Å². The Morgan fingerprint density at radius 2 is 1.67 bits per heavy atom. The third-order valence-corrected chi connectivity index (χ3v) is 7.15. The van der Waals surface area contributed by atoms with Gasteiger partial charge < -0.3 is 37.5 Å². The molecule has 39 heavy (non-hydrogen) atoms. The molecule has 3 amide bonds. The lowest BCUT2D eigenvalue weighted by Crippen LogP contribution is -2.58. The van der Waals surface area contributed by atoms with Gasteiger partial charge in [-0.05, 0) is 68.2 Å². The van der Waals surface area contributed by atoms with Crippen LogP contribution in [-0.2, 0) is 25.6 Å². The summed E-state index contributed by atoms with van der Waals surface area (Å²) in [4.78, 5) is 54.1. The Balaban J connectivity index is 2.09. The number of thioether (sulfide) groups is 1. The number of aromatic nitrogens is 1. The summed E-state index contributed by atoms with van der Waals surface area (Å²) in [5.41, 5.74) is 13.6. The molecule has 11 nitrogen and oxygen atoms in total. The molecule has 2 aromatic rings. The summed E-state index contributed by atoms with van der Waals surface area (Å²) in [5.74, 6) is -2.49. The fourth-order valence-corrected chi connectivity index (χ4v) is 4.69. The molecule has 1 aromatic carbocycles. The second-order valence-corrected chi connectivity index (χ2v) is 10.9. The molecule has 9 N–H and O–H groups in total. The molecule has 0 spiro atoms. The second-order valence-electron chi connectivity index (χ2n) is 9.93. The van der Waals surface area contributed by atoms with Crippen LogP contribution in [0.15, 0.2) is 30.5 Å². The van der Waals surface area contributed by atoms with E-state index >= 15 is 0 Å². The van der Waals surface area contributed by atoms with E-state index in [9.17, 15) is 24.3 Å². The fourth-order valence-electron chi connectivity index (χ4n) is 4.21. The molecule has 0 saturated heterocycles. The van der Waals surface area contributed by atoms with Crippen molar-refractivity contribution in [1.29, 1.82) is 0 Å². The number of rotatable bonds is 17. The molecule has 1 aromatic heterocycles. The van der Waals surface area contributed by atoms with Gasteiger partial charge in [-0.15, -0.1) is 0 Å². The number of unbranched alkanes of at least 4 members (excludes halogenated alkanes) is 1. The molecule has 0 radical (unpaired) electrons. The van der Waals surface area contributed by atoms with Crippen LogP contribution in [0.4, 0.5) is 0 Å².